The Hall–Kier alpha value is -1.65. The monoisotopic (exact) mass is 272 g/mol. The Balaban J connectivity index is 2.76. The van der Waals surface area contributed by atoms with Crippen molar-refractivity contribution in [3.8, 4) is 0 Å². The third kappa shape index (κ3) is 4.19. The number of rotatable bonds is 5. The van der Waals surface area contributed by atoms with Crippen molar-refractivity contribution in [3.05, 3.63) is 35.4 Å². The summed E-state index contributed by atoms with van der Waals surface area (Å²) in [4.78, 5) is 22.3. The van der Waals surface area contributed by atoms with Crippen molar-refractivity contribution >= 4 is 11.6 Å². The topological polar surface area (TPSA) is 34.1 Å². The van der Waals surface area contributed by atoms with Gasteiger partial charge in [-0.2, -0.15) is 13.2 Å². The second-order valence-electron chi connectivity index (χ2n) is 4.45. The van der Waals surface area contributed by atoms with Crippen LogP contribution in [0.4, 0.5) is 13.2 Å². The minimum absolute atomic E-state index is 0.129. The van der Waals surface area contributed by atoms with E-state index in [4.69, 9.17) is 0 Å². The van der Waals surface area contributed by atoms with Crippen molar-refractivity contribution in [3.63, 3.8) is 0 Å². The van der Waals surface area contributed by atoms with E-state index >= 15 is 0 Å². The standard InChI is InChI=1S/C14H15F3O2/c1-3-9(2)10-4-6-11(7-5-10)12(18)8-13(19)14(15,16)17/h4-7,9H,3,8H2,1-2H3. The molecule has 104 valence electrons. The van der Waals surface area contributed by atoms with Crippen LogP contribution in [-0.4, -0.2) is 17.7 Å². The molecule has 0 N–H and O–H groups in total. The zero-order valence-electron chi connectivity index (χ0n) is 10.8. The lowest BCUT2D eigenvalue weighted by molar-refractivity contribution is -0.170. The molecule has 5 heteroatoms. The number of benzene rings is 1. The molecule has 0 bridgehead atoms. The molecule has 0 saturated carbocycles. The molecule has 1 aromatic carbocycles. The van der Waals surface area contributed by atoms with E-state index in [-0.39, 0.29) is 5.56 Å². The van der Waals surface area contributed by atoms with Gasteiger partial charge in [0, 0.05) is 5.56 Å². The van der Waals surface area contributed by atoms with Gasteiger partial charge < -0.3 is 0 Å². The first-order valence-corrected chi connectivity index (χ1v) is 5.99. The van der Waals surface area contributed by atoms with E-state index in [1.165, 1.54) is 12.1 Å². The molecule has 0 amide bonds. The quantitative estimate of drug-likeness (QED) is 0.601. The van der Waals surface area contributed by atoms with E-state index in [9.17, 15) is 22.8 Å². The zero-order valence-corrected chi connectivity index (χ0v) is 10.8. The summed E-state index contributed by atoms with van der Waals surface area (Å²) in [5.74, 6) is -2.50. The molecule has 0 radical (unpaired) electrons. The summed E-state index contributed by atoms with van der Waals surface area (Å²) in [5.41, 5.74) is 1.14. The van der Waals surface area contributed by atoms with Crippen molar-refractivity contribution in [2.24, 2.45) is 0 Å². The van der Waals surface area contributed by atoms with Gasteiger partial charge in [0.15, 0.2) is 5.78 Å². The highest BCUT2D eigenvalue weighted by molar-refractivity contribution is 6.09. The third-order valence-corrected chi connectivity index (χ3v) is 3.05. The molecule has 0 fully saturated rings. The molecular weight excluding hydrogens is 257 g/mol. The molecule has 1 unspecified atom stereocenters. The maximum Gasteiger partial charge on any atom is 0.450 e. The van der Waals surface area contributed by atoms with E-state index in [0.717, 1.165) is 12.0 Å². The number of halogens is 3. The summed E-state index contributed by atoms with van der Waals surface area (Å²) < 4.78 is 36.1. The van der Waals surface area contributed by atoms with Crippen LogP contribution < -0.4 is 0 Å². The van der Waals surface area contributed by atoms with Crippen molar-refractivity contribution in [1.82, 2.24) is 0 Å². The fraction of sp³-hybridized carbons (Fsp3) is 0.429. The average molecular weight is 272 g/mol. The lowest BCUT2D eigenvalue weighted by Crippen LogP contribution is -2.25. The van der Waals surface area contributed by atoms with Gasteiger partial charge in [0.05, 0.1) is 6.42 Å². The normalized spacial score (nSPS) is 13.1. The van der Waals surface area contributed by atoms with Crippen LogP contribution in [0.15, 0.2) is 24.3 Å². The summed E-state index contributed by atoms with van der Waals surface area (Å²) in [6, 6.07) is 6.35. The van der Waals surface area contributed by atoms with Gasteiger partial charge in [0.1, 0.15) is 0 Å². The van der Waals surface area contributed by atoms with Crippen LogP contribution in [0, 0.1) is 0 Å². The second-order valence-corrected chi connectivity index (χ2v) is 4.45. The van der Waals surface area contributed by atoms with Crippen molar-refractivity contribution < 1.29 is 22.8 Å². The van der Waals surface area contributed by atoms with Crippen LogP contribution in [0.2, 0.25) is 0 Å². The molecule has 1 aromatic rings. The lowest BCUT2D eigenvalue weighted by atomic mass is 9.96. The van der Waals surface area contributed by atoms with E-state index in [1.54, 1.807) is 12.1 Å². The van der Waals surface area contributed by atoms with Gasteiger partial charge >= 0.3 is 6.18 Å². The van der Waals surface area contributed by atoms with E-state index in [0.29, 0.717) is 5.92 Å². The van der Waals surface area contributed by atoms with Crippen LogP contribution >= 0.6 is 0 Å². The fourth-order valence-corrected chi connectivity index (χ4v) is 1.58. The Morgan fingerprint density at radius 3 is 2.11 bits per heavy atom. The number of hydrogen-bond acceptors (Lipinski definition) is 2. The first kappa shape index (κ1) is 15.4. The Bertz CT molecular complexity index is 461. The highest BCUT2D eigenvalue weighted by Gasteiger charge is 2.39. The second kappa shape index (κ2) is 5.99. The predicted molar refractivity (Wildman–Crippen MR) is 65.2 cm³/mol. The lowest BCUT2D eigenvalue weighted by Gasteiger charge is -2.09. The molecule has 19 heavy (non-hydrogen) atoms. The predicted octanol–water partition coefficient (Wildman–Crippen LogP) is 3.90. The molecule has 0 aliphatic carbocycles. The van der Waals surface area contributed by atoms with Gasteiger partial charge in [0.25, 0.3) is 0 Å². The van der Waals surface area contributed by atoms with Gasteiger partial charge in [-0.1, -0.05) is 38.1 Å². The van der Waals surface area contributed by atoms with E-state index < -0.39 is 24.2 Å². The number of alkyl halides is 3. The van der Waals surface area contributed by atoms with Crippen molar-refractivity contribution in [2.45, 2.75) is 38.8 Å². The number of carbonyl (C=O) groups is 2. The smallest absolute Gasteiger partial charge is 0.294 e. The Morgan fingerprint density at radius 1 is 1.16 bits per heavy atom. The first-order chi connectivity index (χ1) is 8.75. The molecule has 1 atom stereocenters. The Labute approximate surface area is 109 Å². The van der Waals surface area contributed by atoms with Crippen LogP contribution in [0.1, 0.15) is 48.5 Å². The molecule has 0 aromatic heterocycles. The highest BCUT2D eigenvalue weighted by atomic mass is 19.4. The van der Waals surface area contributed by atoms with Gasteiger partial charge in [-0.05, 0) is 17.9 Å². The number of hydrogen-bond donors (Lipinski definition) is 0. The Kier molecular flexibility index (Phi) is 4.86. The molecule has 0 aliphatic rings. The van der Waals surface area contributed by atoms with Crippen molar-refractivity contribution in [2.75, 3.05) is 0 Å². The minimum Gasteiger partial charge on any atom is -0.294 e. The van der Waals surface area contributed by atoms with Gasteiger partial charge in [0.2, 0.25) is 5.78 Å². The van der Waals surface area contributed by atoms with Gasteiger partial charge in [-0.3, -0.25) is 9.59 Å². The number of Topliss-reactive ketones (excluding diaryl/α,β-unsaturated/α-hetero) is 2. The molecule has 2 nitrogen and oxygen atoms in total. The molecule has 0 heterocycles. The summed E-state index contributed by atoms with van der Waals surface area (Å²) in [6.45, 7) is 4.04. The van der Waals surface area contributed by atoms with E-state index in [1.807, 2.05) is 13.8 Å². The summed E-state index contributed by atoms with van der Waals surface area (Å²) in [5, 5.41) is 0. The van der Waals surface area contributed by atoms with Gasteiger partial charge in [-0.15, -0.1) is 0 Å². The van der Waals surface area contributed by atoms with Crippen molar-refractivity contribution in [1.29, 1.82) is 0 Å². The summed E-state index contributed by atoms with van der Waals surface area (Å²) in [7, 11) is 0. The SMILES string of the molecule is CCC(C)c1ccc(C(=O)CC(=O)C(F)(F)F)cc1. The molecular formula is C14H15F3O2. The van der Waals surface area contributed by atoms with Crippen LogP contribution in [-0.2, 0) is 4.79 Å². The summed E-state index contributed by atoms with van der Waals surface area (Å²) >= 11 is 0. The molecule has 0 spiro atoms. The summed E-state index contributed by atoms with van der Waals surface area (Å²) in [6.07, 6.45) is -5.15. The molecule has 1 rings (SSSR count). The number of ketones is 2. The Morgan fingerprint density at radius 2 is 1.68 bits per heavy atom. The van der Waals surface area contributed by atoms with Gasteiger partial charge in [-0.25, -0.2) is 0 Å². The maximum absolute atomic E-state index is 12.0. The zero-order chi connectivity index (χ0) is 14.6. The van der Waals surface area contributed by atoms with Crippen LogP contribution in [0.25, 0.3) is 0 Å². The maximum atomic E-state index is 12.0. The number of carbonyl (C=O) groups excluding carboxylic acids is 2. The minimum atomic E-state index is -4.95. The third-order valence-electron chi connectivity index (χ3n) is 3.05. The van der Waals surface area contributed by atoms with E-state index in [2.05, 4.69) is 0 Å². The molecule has 0 aliphatic heterocycles. The largest absolute Gasteiger partial charge is 0.450 e. The molecule has 0 saturated heterocycles. The van der Waals surface area contributed by atoms with Crippen LogP contribution in [0.3, 0.4) is 0 Å². The van der Waals surface area contributed by atoms with Crippen LogP contribution in [0.5, 0.6) is 0 Å². The average Bonchev–Trinajstić information content (AvgIpc) is 2.36. The highest BCUT2D eigenvalue weighted by Crippen LogP contribution is 2.21. The fourth-order valence-electron chi connectivity index (χ4n) is 1.58. The first-order valence-electron chi connectivity index (χ1n) is 5.99.